The number of hydrogen-bond acceptors (Lipinski definition) is 2. The highest BCUT2D eigenvalue weighted by atomic mass is 16.2. The number of amides is 1. The van der Waals surface area contributed by atoms with Crippen LogP contribution in [0.3, 0.4) is 0 Å². The molecule has 1 heterocycles. The molecule has 0 saturated carbocycles. The Morgan fingerprint density at radius 1 is 1.29 bits per heavy atom. The van der Waals surface area contributed by atoms with Gasteiger partial charge in [0, 0.05) is 38.4 Å². The van der Waals surface area contributed by atoms with Crippen molar-refractivity contribution in [2.24, 2.45) is 13.0 Å². The van der Waals surface area contributed by atoms with E-state index in [1.807, 2.05) is 44.9 Å². The van der Waals surface area contributed by atoms with Gasteiger partial charge in [0.1, 0.15) is 0 Å². The summed E-state index contributed by atoms with van der Waals surface area (Å²) in [6, 6.07) is 0.346. The number of nitrogens with zero attached hydrogens (tertiary/aromatic N) is 2. The number of rotatable bonds is 4. The Hall–Kier alpha value is -1.45. The van der Waals surface area contributed by atoms with Crippen molar-refractivity contribution in [3.05, 3.63) is 12.4 Å². The number of aromatic nitrogens is 1. The summed E-state index contributed by atoms with van der Waals surface area (Å²) in [4.78, 5) is 13.7. The molecule has 4 nitrogen and oxygen atoms in total. The van der Waals surface area contributed by atoms with Gasteiger partial charge in [0.25, 0.3) is 0 Å². The quantitative estimate of drug-likeness (QED) is 0.873. The third-order valence-electron chi connectivity index (χ3n) is 2.56. The Morgan fingerprint density at radius 3 is 2.35 bits per heavy atom. The van der Waals surface area contributed by atoms with Crippen LogP contribution in [-0.2, 0) is 11.8 Å². The smallest absolute Gasteiger partial charge is 0.229 e. The largest absolute Gasteiger partial charge is 0.380 e. The third kappa shape index (κ3) is 3.25. The van der Waals surface area contributed by atoms with E-state index < -0.39 is 0 Å². The van der Waals surface area contributed by atoms with Gasteiger partial charge in [-0.1, -0.05) is 13.8 Å². The Kier molecular flexibility index (Phi) is 4.21. The van der Waals surface area contributed by atoms with E-state index in [2.05, 4.69) is 19.2 Å². The van der Waals surface area contributed by atoms with Crippen molar-refractivity contribution in [3.8, 4) is 0 Å². The molecule has 1 rings (SSSR count). The van der Waals surface area contributed by atoms with Crippen LogP contribution in [0.5, 0.6) is 0 Å². The van der Waals surface area contributed by atoms with Gasteiger partial charge in [0.15, 0.2) is 0 Å². The van der Waals surface area contributed by atoms with Gasteiger partial charge in [-0.25, -0.2) is 0 Å². The fraction of sp³-hybridized carbons (Fsp3) is 0.615. The molecular formula is C13H23N3O. The molecule has 0 aliphatic carbocycles. The van der Waals surface area contributed by atoms with Crippen molar-refractivity contribution in [1.82, 2.24) is 4.57 Å². The van der Waals surface area contributed by atoms with Crippen LogP contribution in [0.2, 0.25) is 0 Å². The first-order chi connectivity index (χ1) is 7.82. The molecule has 0 radical (unpaired) electrons. The summed E-state index contributed by atoms with van der Waals surface area (Å²) in [6.45, 7) is 8.00. The van der Waals surface area contributed by atoms with E-state index in [-0.39, 0.29) is 11.8 Å². The van der Waals surface area contributed by atoms with Gasteiger partial charge in [-0.2, -0.15) is 0 Å². The SMILES string of the molecule is CC(C)Nc1cn(C)cc1N(C)C(=O)C(C)C. The van der Waals surface area contributed by atoms with Crippen molar-refractivity contribution in [3.63, 3.8) is 0 Å². The zero-order valence-electron chi connectivity index (χ0n) is 11.6. The van der Waals surface area contributed by atoms with E-state index in [0.29, 0.717) is 6.04 Å². The van der Waals surface area contributed by atoms with Crippen LogP contribution in [0.15, 0.2) is 12.4 Å². The van der Waals surface area contributed by atoms with Gasteiger partial charge in [-0.3, -0.25) is 4.79 Å². The molecule has 0 spiro atoms. The van der Waals surface area contributed by atoms with Crippen LogP contribution in [0.4, 0.5) is 11.4 Å². The molecule has 0 atom stereocenters. The second-order valence-electron chi connectivity index (χ2n) is 5.07. The highest BCUT2D eigenvalue weighted by molar-refractivity contribution is 5.97. The standard InChI is InChI=1S/C13H23N3O/c1-9(2)13(17)16(6)12-8-15(5)7-11(12)14-10(3)4/h7-10,14H,1-6H3. The average molecular weight is 237 g/mol. The van der Waals surface area contributed by atoms with Crippen molar-refractivity contribution < 1.29 is 4.79 Å². The van der Waals surface area contributed by atoms with Crippen molar-refractivity contribution in [2.75, 3.05) is 17.3 Å². The number of carbonyl (C=O) groups is 1. The summed E-state index contributed by atoms with van der Waals surface area (Å²) in [5, 5.41) is 3.35. The van der Waals surface area contributed by atoms with Gasteiger partial charge < -0.3 is 14.8 Å². The van der Waals surface area contributed by atoms with Crippen molar-refractivity contribution in [1.29, 1.82) is 0 Å². The number of aryl methyl sites for hydroxylation is 1. The lowest BCUT2D eigenvalue weighted by molar-refractivity contribution is -0.121. The molecule has 0 fully saturated rings. The fourth-order valence-electron chi connectivity index (χ4n) is 1.76. The molecule has 0 saturated heterocycles. The lowest BCUT2D eigenvalue weighted by Gasteiger charge is -2.21. The fourth-order valence-corrected chi connectivity index (χ4v) is 1.76. The van der Waals surface area contributed by atoms with Gasteiger partial charge in [-0.15, -0.1) is 0 Å². The lowest BCUT2D eigenvalue weighted by Crippen LogP contribution is -2.30. The summed E-state index contributed by atoms with van der Waals surface area (Å²) in [5.41, 5.74) is 1.93. The van der Waals surface area contributed by atoms with E-state index in [1.165, 1.54) is 0 Å². The lowest BCUT2D eigenvalue weighted by atomic mass is 10.2. The van der Waals surface area contributed by atoms with E-state index in [9.17, 15) is 4.79 Å². The van der Waals surface area contributed by atoms with Crippen LogP contribution in [0.1, 0.15) is 27.7 Å². The topological polar surface area (TPSA) is 37.3 Å². The van der Waals surface area contributed by atoms with E-state index in [0.717, 1.165) is 11.4 Å². The highest BCUT2D eigenvalue weighted by Gasteiger charge is 2.19. The minimum atomic E-state index is 0.00658. The zero-order valence-corrected chi connectivity index (χ0v) is 11.6. The maximum atomic E-state index is 12.0. The summed E-state index contributed by atoms with van der Waals surface area (Å²) in [6.07, 6.45) is 3.96. The summed E-state index contributed by atoms with van der Waals surface area (Å²) in [7, 11) is 3.78. The van der Waals surface area contributed by atoms with Crippen LogP contribution < -0.4 is 10.2 Å². The summed E-state index contributed by atoms with van der Waals surface area (Å²) in [5.74, 6) is 0.134. The molecule has 1 N–H and O–H groups in total. The number of hydrogen-bond donors (Lipinski definition) is 1. The van der Waals surface area contributed by atoms with Gasteiger partial charge in [0.05, 0.1) is 11.4 Å². The molecule has 17 heavy (non-hydrogen) atoms. The second kappa shape index (κ2) is 5.25. The van der Waals surface area contributed by atoms with Gasteiger partial charge in [0.2, 0.25) is 5.91 Å². The minimum absolute atomic E-state index is 0.00658. The molecule has 0 aromatic carbocycles. The molecule has 0 unspecified atom stereocenters. The normalized spacial score (nSPS) is 11.1. The molecule has 1 aromatic heterocycles. The maximum absolute atomic E-state index is 12.0. The van der Waals surface area contributed by atoms with E-state index in [4.69, 9.17) is 0 Å². The van der Waals surface area contributed by atoms with Gasteiger partial charge in [-0.05, 0) is 13.8 Å². The van der Waals surface area contributed by atoms with Crippen LogP contribution >= 0.6 is 0 Å². The zero-order chi connectivity index (χ0) is 13.2. The minimum Gasteiger partial charge on any atom is -0.380 e. The molecule has 4 heteroatoms. The molecule has 0 bridgehead atoms. The predicted molar refractivity (Wildman–Crippen MR) is 72.4 cm³/mol. The van der Waals surface area contributed by atoms with Gasteiger partial charge >= 0.3 is 0 Å². The number of anilines is 2. The number of carbonyl (C=O) groups excluding carboxylic acids is 1. The molecule has 0 aliphatic heterocycles. The Morgan fingerprint density at radius 2 is 1.88 bits per heavy atom. The van der Waals surface area contributed by atoms with Crippen molar-refractivity contribution in [2.45, 2.75) is 33.7 Å². The van der Waals surface area contributed by atoms with Crippen LogP contribution in [0.25, 0.3) is 0 Å². The van der Waals surface area contributed by atoms with Crippen LogP contribution in [-0.4, -0.2) is 23.6 Å². The summed E-state index contributed by atoms with van der Waals surface area (Å²) < 4.78 is 1.96. The Labute approximate surface area is 104 Å². The maximum Gasteiger partial charge on any atom is 0.229 e. The predicted octanol–water partition coefficient (Wildman–Crippen LogP) is 2.46. The Balaban J connectivity index is 3.00. The highest BCUT2D eigenvalue weighted by Crippen LogP contribution is 2.27. The molecule has 1 aromatic rings. The Bertz CT molecular complexity index is 393. The third-order valence-corrected chi connectivity index (χ3v) is 2.56. The molecule has 96 valence electrons. The molecular weight excluding hydrogens is 214 g/mol. The molecule has 0 aliphatic rings. The first kappa shape index (κ1) is 13.6. The molecule has 1 amide bonds. The monoisotopic (exact) mass is 237 g/mol. The first-order valence-electron chi connectivity index (χ1n) is 6.03. The first-order valence-corrected chi connectivity index (χ1v) is 6.03. The second-order valence-corrected chi connectivity index (χ2v) is 5.07. The van der Waals surface area contributed by atoms with Crippen LogP contribution in [0, 0.1) is 5.92 Å². The average Bonchev–Trinajstić information content (AvgIpc) is 2.56. The number of nitrogens with one attached hydrogen (secondary N) is 1. The van der Waals surface area contributed by atoms with E-state index >= 15 is 0 Å². The van der Waals surface area contributed by atoms with E-state index in [1.54, 1.807) is 4.90 Å². The summed E-state index contributed by atoms with van der Waals surface area (Å²) >= 11 is 0. The van der Waals surface area contributed by atoms with Crippen molar-refractivity contribution >= 4 is 17.3 Å².